The molecular formula is C104H106BBr7N16O9. The molecule has 17 rings (SSSR count). The number of amides is 2. The number of halogens is 7. The fourth-order valence-electron chi connectivity index (χ4n) is 14.7. The molecule has 708 valence electrons. The van der Waals surface area contributed by atoms with Gasteiger partial charge < -0.3 is 54.5 Å². The highest BCUT2D eigenvalue weighted by Crippen LogP contribution is 2.41. The van der Waals surface area contributed by atoms with Crippen LogP contribution in [0.25, 0.3) is 22.3 Å². The van der Waals surface area contributed by atoms with Crippen LogP contribution < -0.4 is 26.7 Å². The van der Waals surface area contributed by atoms with E-state index in [9.17, 15) is 20.4 Å². The van der Waals surface area contributed by atoms with Crippen molar-refractivity contribution < 1.29 is 43.0 Å². The number of urea groups is 1. The van der Waals surface area contributed by atoms with E-state index in [0.717, 1.165) is 179 Å². The van der Waals surface area contributed by atoms with Crippen LogP contribution in [0, 0.1) is 34.0 Å². The summed E-state index contributed by atoms with van der Waals surface area (Å²) in [4.78, 5) is 60.1. The molecule has 9 aromatic heterocycles. The fraction of sp³-hybridized carbons (Fsp3) is 0.288. The SMILES string of the molecule is Brc1cncc(Br)c1.CC(O)c1c(Br)cncc1Br.CC(OCc1ccccc1)c1c(Br)cncc1Br.CC(OCc1ccccc1)c1c(Br)cncc1C#N.CC(OCc1ccccc1)c1c(C#N)cncc1-c1cnc2c(c1)CCCN2.CC(OCc1ccccc1)c1c(C#N)cncc1-c1cnc2c(c1)CCCN2C(N)=O.CC1(C)OB(c2cnc3c(c2)CCCN3)OC1(C)C.CC=O. The van der Waals surface area contributed by atoms with Crippen molar-refractivity contribution in [1.29, 1.82) is 15.8 Å². The number of pyridine rings is 9. The molecule has 33 heteroatoms. The van der Waals surface area contributed by atoms with Crippen LogP contribution in [0.5, 0.6) is 0 Å². The first-order valence-electron chi connectivity index (χ1n) is 44.2. The van der Waals surface area contributed by atoms with Crippen LogP contribution in [0.2, 0.25) is 0 Å². The minimum atomic E-state index is -0.502. The Morgan fingerprint density at radius 3 is 1.18 bits per heavy atom. The van der Waals surface area contributed by atoms with Gasteiger partial charge in [0.1, 0.15) is 41.9 Å². The predicted octanol–water partition coefficient (Wildman–Crippen LogP) is 24.9. The molecule has 5 N–H and O–H groups in total. The summed E-state index contributed by atoms with van der Waals surface area (Å²) in [6, 6.07) is 54.5. The average Bonchev–Trinajstić information content (AvgIpc) is 1.62. The van der Waals surface area contributed by atoms with Gasteiger partial charge in [-0.3, -0.25) is 34.8 Å². The zero-order chi connectivity index (χ0) is 98.6. The number of rotatable bonds is 20. The molecule has 2 amide bonds. The van der Waals surface area contributed by atoms with Crippen molar-refractivity contribution >= 4 is 154 Å². The zero-order valence-electron chi connectivity index (χ0n) is 77.5. The van der Waals surface area contributed by atoms with Crippen LogP contribution in [0.4, 0.5) is 22.2 Å². The van der Waals surface area contributed by atoms with E-state index >= 15 is 0 Å². The van der Waals surface area contributed by atoms with Crippen molar-refractivity contribution in [3.8, 4) is 40.5 Å². The fourth-order valence-corrected chi connectivity index (χ4v) is 19.6. The van der Waals surface area contributed by atoms with Crippen LogP contribution in [0.3, 0.4) is 0 Å². The molecule has 1 saturated heterocycles. The summed E-state index contributed by atoms with van der Waals surface area (Å²) in [5, 5.41) is 44.4. The number of primary amides is 1. The van der Waals surface area contributed by atoms with Crippen molar-refractivity contribution in [3.63, 3.8) is 0 Å². The van der Waals surface area contributed by atoms with Crippen molar-refractivity contribution in [2.24, 2.45) is 5.73 Å². The summed E-state index contributed by atoms with van der Waals surface area (Å²) in [6.07, 6.45) is 31.2. The Hall–Kier alpha value is -10.6. The number of fused-ring (bicyclic) bond motifs is 3. The number of aliphatic hydroxyl groups is 1. The summed E-state index contributed by atoms with van der Waals surface area (Å²) in [5.74, 6) is 2.56. The first-order chi connectivity index (χ1) is 66.0. The maximum absolute atomic E-state index is 11.7. The number of aryl methyl sites for hydroxylation is 3. The second kappa shape index (κ2) is 54.7. The third kappa shape index (κ3) is 31.7. The van der Waals surface area contributed by atoms with Crippen LogP contribution >= 0.6 is 112 Å². The van der Waals surface area contributed by atoms with Crippen LogP contribution in [-0.2, 0) is 78.7 Å². The highest BCUT2D eigenvalue weighted by atomic mass is 79.9. The molecule has 13 heterocycles. The number of nitrogens with zero attached hydrogens (tertiary/aromatic N) is 13. The van der Waals surface area contributed by atoms with Gasteiger partial charge >= 0.3 is 13.1 Å². The van der Waals surface area contributed by atoms with Gasteiger partial charge in [-0.25, -0.2) is 19.7 Å². The number of anilines is 3. The molecule has 0 spiro atoms. The summed E-state index contributed by atoms with van der Waals surface area (Å²) >= 11 is 23.6. The molecule has 0 aliphatic carbocycles. The molecule has 137 heavy (non-hydrogen) atoms. The summed E-state index contributed by atoms with van der Waals surface area (Å²) < 4.78 is 42.4. The third-order valence-electron chi connectivity index (χ3n) is 22.4. The van der Waals surface area contributed by atoms with Gasteiger partial charge in [0, 0.05) is 199 Å². The van der Waals surface area contributed by atoms with Gasteiger partial charge in [0.2, 0.25) is 0 Å². The molecule has 5 atom stereocenters. The van der Waals surface area contributed by atoms with E-state index in [1.165, 1.54) is 28.5 Å². The van der Waals surface area contributed by atoms with E-state index in [4.69, 9.17) is 44.0 Å². The Labute approximate surface area is 860 Å². The Balaban J connectivity index is 0.000000169. The first-order valence-corrected chi connectivity index (χ1v) is 49.7. The number of benzene rings is 4. The van der Waals surface area contributed by atoms with Crippen molar-refractivity contribution in [1.82, 2.24) is 44.9 Å². The maximum Gasteiger partial charge on any atom is 0.496 e. The van der Waals surface area contributed by atoms with E-state index in [1.54, 1.807) is 87.5 Å². The van der Waals surface area contributed by atoms with Gasteiger partial charge in [0.25, 0.3) is 0 Å². The minimum Gasteiger partial charge on any atom is -0.399 e. The number of hydrogen-bond acceptors (Lipinski definition) is 23. The maximum atomic E-state index is 11.7. The Morgan fingerprint density at radius 2 is 0.796 bits per heavy atom. The van der Waals surface area contributed by atoms with Crippen LogP contribution in [0.15, 0.2) is 270 Å². The van der Waals surface area contributed by atoms with E-state index in [2.05, 4.69) is 237 Å². The number of hydrogen-bond donors (Lipinski definition) is 4. The molecule has 1 fully saturated rings. The highest BCUT2D eigenvalue weighted by molar-refractivity contribution is 9.12. The summed E-state index contributed by atoms with van der Waals surface area (Å²) in [5.41, 5.74) is 23.2. The molecule has 0 saturated carbocycles. The highest BCUT2D eigenvalue weighted by Gasteiger charge is 2.52. The summed E-state index contributed by atoms with van der Waals surface area (Å²) in [7, 11) is -0.315. The molecule has 0 bridgehead atoms. The Morgan fingerprint density at radius 1 is 0.460 bits per heavy atom. The van der Waals surface area contributed by atoms with Crippen LogP contribution in [0.1, 0.15) is 202 Å². The number of ether oxygens (including phenoxy) is 4. The largest absolute Gasteiger partial charge is 0.496 e. The minimum absolute atomic E-state index is 0.00282. The van der Waals surface area contributed by atoms with E-state index in [1.807, 2.05) is 161 Å². The van der Waals surface area contributed by atoms with Gasteiger partial charge in [-0.2, -0.15) is 15.8 Å². The molecular weight excluding hydrogens is 2190 g/mol. The van der Waals surface area contributed by atoms with E-state index in [0.29, 0.717) is 55.5 Å². The Kier molecular flexibility index (Phi) is 43.3. The summed E-state index contributed by atoms with van der Waals surface area (Å²) in [6.45, 7) is 23.9. The predicted molar refractivity (Wildman–Crippen MR) is 560 cm³/mol. The molecule has 4 aromatic carbocycles. The van der Waals surface area contributed by atoms with Crippen molar-refractivity contribution in [2.75, 3.05) is 35.2 Å². The van der Waals surface area contributed by atoms with Gasteiger partial charge in [0.05, 0.1) is 84.8 Å². The number of carbonyl (C=O) groups excluding carboxylic acids is 2. The number of nitrogens with two attached hydrogens (primary N) is 1. The quantitative estimate of drug-likeness (QED) is 0.0407. The van der Waals surface area contributed by atoms with Crippen molar-refractivity contribution in [3.05, 3.63) is 353 Å². The smallest absolute Gasteiger partial charge is 0.399 e. The number of carbonyl (C=O) groups is 2. The molecule has 4 aliphatic heterocycles. The van der Waals surface area contributed by atoms with E-state index < -0.39 is 12.1 Å². The average molecular weight is 2290 g/mol. The lowest BCUT2D eigenvalue weighted by Gasteiger charge is -2.32. The van der Waals surface area contributed by atoms with Gasteiger partial charge in [-0.1, -0.05) is 127 Å². The number of aromatic nitrogens is 9. The molecule has 25 nitrogen and oxygen atoms in total. The number of nitriles is 3. The number of nitrogens with one attached hydrogen (secondary N) is 2. The lowest BCUT2D eigenvalue weighted by Crippen LogP contribution is -2.41. The molecule has 4 aliphatic rings. The second-order valence-electron chi connectivity index (χ2n) is 32.7. The Bertz CT molecular complexity index is 6200. The first kappa shape index (κ1) is 108. The van der Waals surface area contributed by atoms with Gasteiger partial charge in [0.15, 0.2) is 0 Å². The lowest BCUT2D eigenvalue weighted by atomic mass is 9.79. The third-order valence-corrected chi connectivity index (χ3v) is 26.4. The molecule has 5 unspecified atom stereocenters. The monoisotopic (exact) mass is 2290 g/mol. The second-order valence-corrected chi connectivity index (χ2v) is 38.8. The van der Waals surface area contributed by atoms with Crippen molar-refractivity contribution in [2.45, 2.75) is 176 Å². The van der Waals surface area contributed by atoms with Crippen LogP contribution in [-0.4, -0.2) is 100 Å². The normalized spacial score (nSPS) is 14.2. The van der Waals surface area contributed by atoms with E-state index in [-0.39, 0.29) is 42.7 Å². The zero-order valence-corrected chi connectivity index (χ0v) is 88.6. The molecule has 13 aromatic rings. The van der Waals surface area contributed by atoms with Gasteiger partial charge in [-0.05, 0) is 276 Å². The van der Waals surface area contributed by atoms with Gasteiger partial charge in [-0.15, -0.1) is 0 Å². The standard InChI is InChI=1S/C24H23N5O2.C23H22N4O.C15H13BrN2O.C14H21BN2O2.C14H13Br2NO.C7H7Br2NO.C5H3Br2N.C2H4O/c1-16(31-15-17-6-3-2-4-7-17)22-20(11-25)12-27-14-21(22)19-10-18-8-5-9-29(24(26)30)23(18)28-13-19;1-16(28-15-17-6-3-2-4-7-17)22-20(11-24)12-25-14-21(22)19-10-18-8-5-9-26-23(18)27-13-19;1-11(19-10-12-5-3-2-4-6-12)15-13(7-17)8-18-9-14(15)16;1-13(2)14(3,4)19-15(18-13)11-8-10-6-5-7-16-12(10)17-9-11;1-10(14-12(15)7-17-8-13(14)16)18-9-11-5-3-2-4-6-11;1-4(11)7-5(8)2-10-3-6(7)9;6-4-1-5(7)3-8-2-4;1-2-3/h2-4,6-7,10,12-14,16H,5,8-9,15H2,1H3,(H2,26,30);2-4,6-7,10,12-14,16H,5,8-9,15H2,1H3,(H,26,27);2-6,8-9,11H,10H2,1H3;8-9H,5-7H2,1-4H3,(H,16,17);2-8,10H,9H2,1H3;2-4,11H,1H3;1-3H;2H,1H3. The lowest BCUT2D eigenvalue weighted by molar-refractivity contribution is -0.106. The number of aliphatic hydroxyl groups excluding tert-OH is 1. The topological polar surface area (TPSA) is 350 Å². The molecule has 0 radical (unpaired) electrons. The number of aldehydes is 1.